The third kappa shape index (κ3) is 5.12. The van der Waals surface area contributed by atoms with Crippen molar-refractivity contribution in [3.05, 3.63) is 59.6 Å². The molecule has 1 fully saturated rings. The monoisotopic (exact) mass is 438 g/mol. The number of nitrogens with one attached hydrogen (secondary N) is 1. The van der Waals surface area contributed by atoms with Crippen LogP contribution in [0.2, 0.25) is 5.02 Å². The van der Waals surface area contributed by atoms with Crippen LogP contribution in [0.3, 0.4) is 0 Å². The minimum atomic E-state index is 0.102. The first-order chi connectivity index (χ1) is 15.0. The second-order valence-electron chi connectivity index (χ2n) is 7.98. The van der Waals surface area contributed by atoms with Crippen LogP contribution in [-0.2, 0) is 17.9 Å². The molecule has 4 rings (SSSR count). The highest BCUT2D eigenvalue weighted by Gasteiger charge is 2.21. The Balaban J connectivity index is 1.73. The smallest absolute Gasteiger partial charge is 0.242 e. The van der Waals surface area contributed by atoms with E-state index in [1.165, 1.54) is 0 Å². The molecule has 2 aromatic heterocycles. The van der Waals surface area contributed by atoms with Gasteiger partial charge < -0.3 is 19.7 Å². The second kappa shape index (κ2) is 9.60. The summed E-state index contributed by atoms with van der Waals surface area (Å²) in [6, 6.07) is 11.7. The van der Waals surface area contributed by atoms with Crippen molar-refractivity contribution in [1.82, 2.24) is 29.7 Å². The quantitative estimate of drug-likeness (QED) is 0.641. The third-order valence-corrected chi connectivity index (χ3v) is 5.55. The number of halogens is 1. The molecule has 162 valence electrons. The summed E-state index contributed by atoms with van der Waals surface area (Å²) in [5.41, 5.74) is 4.65. The summed E-state index contributed by atoms with van der Waals surface area (Å²) < 4.78 is 1.95. The Labute approximate surface area is 187 Å². The van der Waals surface area contributed by atoms with E-state index in [-0.39, 0.29) is 12.5 Å². The molecule has 0 radical (unpaired) electrons. The van der Waals surface area contributed by atoms with Crippen molar-refractivity contribution in [2.75, 3.05) is 40.3 Å². The zero-order valence-corrected chi connectivity index (χ0v) is 18.6. The number of carbonyl (C=O) groups is 1. The number of hydrogen-bond donors (Lipinski definition) is 1. The first-order valence-electron chi connectivity index (χ1n) is 10.4. The van der Waals surface area contributed by atoms with Crippen LogP contribution >= 0.6 is 11.6 Å². The summed E-state index contributed by atoms with van der Waals surface area (Å²) in [5.74, 6) is 0.102. The number of nitrogens with zero attached hydrogens (tertiary/aromatic N) is 5. The molecule has 8 heteroatoms. The topological polar surface area (TPSA) is 66.3 Å². The van der Waals surface area contributed by atoms with Gasteiger partial charge in [-0.2, -0.15) is 0 Å². The average Bonchev–Trinajstić information content (AvgIpc) is 3.18. The average molecular weight is 439 g/mol. The van der Waals surface area contributed by atoms with E-state index < -0.39 is 0 Å². The molecule has 0 spiro atoms. The van der Waals surface area contributed by atoms with Crippen molar-refractivity contribution in [2.45, 2.75) is 13.1 Å². The molecule has 0 aliphatic carbocycles. The van der Waals surface area contributed by atoms with Crippen molar-refractivity contribution in [3.63, 3.8) is 0 Å². The SMILES string of the molecule is CN(C)Cc1cc(-c2c(-c3ccc(Cl)cc3)ncn2CC(=O)N2CCNCC2)ccn1. The van der Waals surface area contributed by atoms with Gasteiger partial charge in [0.15, 0.2) is 0 Å². The summed E-state index contributed by atoms with van der Waals surface area (Å²) in [6.45, 7) is 4.11. The van der Waals surface area contributed by atoms with E-state index in [4.69, 9.17) is 11.6 Å². The fourth-order valence-corrected chi connectivity index (χ4v) is 3.95. The largest absolute Gasteiger partial charge is 0.339 e. The van der Waals surface area contributed by atoms with Gasteiger partial charge in [-0.1, -0.05) is 23.7 Å². The maximum atomic E-state index is 13.0. The van der Waals surface area contributed by atoms with Gasteiger partial charge in [0.2, 0.25) is 5.91 Å². The highest BCUT2D eigenvalue weighted by molar-refractivity contribution is 6.30. The number of piperazine rings is 1. The molecule has 0 atom stereocenters. The van der Waals surface area contributed by atoms with E-state index in [1.54, 1.807) is 6.33 Å². The van der Waals surface area contributed by atoms with Crippen molar-refractivity contribution in [1.29, 1.82) is 0 Å². The molecule has 31 heavy (non-hydrogen) atoms. The van der Waals surface area contributed by atoms with Gasteiger partial charge in [0.05, 0.1) is 23.4 Å². The Morgan fingerprint density at radius 2 is 1.84 bits per heavy atom. The maximum Gasteiger partial charge on any atom is 0.242 e. The number of aromatic nitrogens is 3. The van der Waals surface area contributed by atoms with Gasteiger partial charge in [-0.25, -0.2) is 4.98 Å². The lowest BCUT2D eigenvalue weighted by Gasteiger charge is -2.27. The number of hydrogen-bond acceptors (Lipinski definition) is 5. The predicted octanol–water partition coefficient (Wildman–Crippen LogP) is 2.76. The molecular formula is C23H27ClN6O. The standard InChI is InChI=1S/C23H27ClN6O/c1-28(2)14-20-13-18(7-8-26-20)23-22(17-3-5-19(24)6-4-17)27-16-30(23)15-21(31)29-11-9-25-10-12-29/h3-8,13,16,25H,9-12,14-15H2,1-2H3. The summed E-state index contributed by atoms with van der Waals surface area (Å²) in [5, 5.41) is 3.96. The molecule has 0 saturated carbocycles. The molecular weight excluding hydrogens is 412 g/mol. The second-order valence-corrected chi connectivity index (χ2v) is 8.42. The minimum Gasteiger partial charge on any atom is -0.339 e. The molecule has 1 aliphatic rings. The van der Waals surface area contributed by atoms with E-state index in [9.17, 15) is 4.79 Å². The fourth-order valence-electron chi connectivity index (χ4n) is 3.82. The first kappa shape index (κ1) is 21.5. The van der Waals surface area contributed by atoms with E-state index in [1.807, 2.05) is 60.1 Å². The lowest BCUT2D eigenvalue weighted by molar-refractivity contribution is -0.132. The van der Waals surface area contributed by atoms with Crippen molar-refractivity contribution in [2.24, 2.45) is 0 Å². The van der Waals surface area contributed by atoms with Gasteiger partial charge >= 0.3 is 0 Å². The summed E-state index contributed by atoms with van der Waals surface area (Å²) in [7, 11) is 4.04. The molecule has 3 aromatic rings. The summed E-state index contributed by atoms with van der Waals surface area (Å²) in [4.78, 5) is 26.1. The van der Waals surface area contributed by atoms with Gasteiger partial charge in [0, 0.05) is 55.1 Å². The Morgan fingerprint density at radius 3 is 2.55 bits per heavy atom. The number of pyridine rings is 1. The van der Waals surface area contributed by atoms with E-state index in [0.717, 1.165) is 60.9 Å². The van der Waals surface area contributed by atoms with Gasteiger partial charge in [0.1, 0.15) is 6.54 Å². The first-order valence-corrected chi connectivity index (χ1v) is 10.8. The van der Waals surface area contributed by atoms with Crippen LogP contribution in [0.25, 0.3) is 22.5 Å². The Morgan fingerprint density at radius 1 is 1.10 bits per heavy atom. The van der Waals surface area contributed by atoms with Crippen LogP contribution < -0.4 is 5.32 Å². The molecule has 1 saturated heterocycles. The molecule has 1 aromatic carbocycles. The number of benzene rings is 1. The van der Waals surface area contributed by atoms with Crippen molar-refractivity contribution < 1.29 is 4.79 Å². The summed E-state index contributed by atoms with van der Waals surface area (Å²) in [6.07, 6.45) is 3.57. The van der Waals surface area contributed by atoms with Crippen LogP contribution in [0.5, 0.6) is 0 Å². The Hall–Kier alpha value is -2.74. The van der Waals surface area contributed by atoms with Crippen LogP contribution in [-0.4, -0.2) is 70.5 Å². The predicted molar refractivity (Wildman–Crippen MR) is 123 cm³/mol. The number of amides is 1. The lowest BCUT2D eigenvalue weighted by atomic mass is 10.0. The molecule has 1 aliphatic heterocycles. The van der Waals surface area contributed by atoms with E-state index >= 15 is 0 Å². The zero-order valence-electron chi connectivity index (χ0n) is 17.9. The third-order valence-electron chi connectivity index (χ3n) is 5.30. The molecule has 3 heterocycles. The number of rotatable bonds is 6. The highest BCUT2D eigenvalue weighted by Crippen LogP contribution is 2.32. The Bertz CT molecular complexity index is 1040. The lowest BCUT2D eigenvalue weighted by Crippen LogP contribution is -2.47. The zero-order chi connectivity index (χ0) is 21.8. The van der Waals surface area contributed by atoms with Crippen molar-refractivity contribution >= 4 is 17.5 Å². The molecule has 0 unspecified atom stereocenters. The normalized spacial score (nSPS) is 14.3. The van der Waals surface area contributed by atoms with Gasteiger partial charge in [-0.15, -0.1) is 0 Å². The Kier molecular flexibility index (Phi) is 6.65. The maximum absolute atomic E-state index is 13.0. The van der Waals surface area contributed by atoms with Gasteiger partial charge in [-0.3, -0.25) is 9.78 Å². The van der Waals surface area contributed by atoms with Crippen LogP contribution in [0.15, 0.2) is 48.9 Å². The van der Waals surface area contributed by atoms with E-state index in [2.05, 4.69) is 26.3 Å². The molecule has 1 amide bonds. The molecule has 0 bridgehead atoms. The molecule has 7 nitrogen and oxygen atoms in total. The number of carbonyl (C=O) groups excluding carboxylic acids is 1. The van der Waals surface area contributed by atoms with Gasteiger partial charge in [0.25, 0.3) is 0 Å². The van der Waals surface area contributed by atoms with Crippen LogP contribution in [0.1, 0.15) is 5.69 Å². The summed E-state index contributed by atoms with van der Waals surface area (Å²) >= 11 is 6.09. The van der Waals surface area contributed by atoms with Crippen molar-refractivity contribution in [3.8, 4) is 22.5 Å². The molecule has 1 N–H and O–H groups in total. The fraction of sp³-hybridized carbons (Fsp3) is 0.348. The number of imidazole rings is 1. The highest BCUT2D eigenvalue weighted by atomic mass is 35.5. The van der Waals surface area contributed by atoms with Gasteiger partial charge in [-0.05, 0) is 38.4 Å². The van der Waals surface area contributed by atoms with Crippen LogP contribution in [0.4, 0.5) is 0 Å². The van der Waals surface area contributed by atoms with Crippen LogP contribution in [0, 0.1) is 0 Å². The minimum absolute atomic E-state index is 0.102. The van der Waals surface area contributed by atoms with E-state index in [0.29, 0.717) is 5.02 Å².